The molecule has 0 saturated carbocycles. The summed E-state index contributed by atoms with van der Waals surface area (Å²) in [6, 6.07) is 16.7. The molecular weight excluding hydrogens is 382 g/mol. The molecule has 0 aliphatic heterocycles. The molecule has 30 heavy (non-hydrogen) atoms. The second kappa shape index (κ2) is 8.12. The summed E-state index contributed by atoms with van der Waals surface area (Å²) in [5, 5.41) is 3.31. The molecule has 0 aliphatic carbocycles. The highest BCUT2D eigenvalue weighted by molar-refractivity contribution is 5.81. The van der Waals surface area contributed by atoms with E-state index in [0.29, 0.717) is 23.1 Å². The van der Waals surface area contributed by atoms with Crippen molar-refractivity contribution in [3.63, 3.8) is 0 Å². The number of primary amides is 1. The maximum Gasteiger partial charge on any atom is 0.223 e. The van der Waals surface area contributed by atoms with Crippen LogP contribution in [0.1, 0.15) is 5.69 Å². The summed E-state index contributed by atoms with van der Waals surface area (Å²) in [6.07, 6.45) is 1.65. The molecule has 0 radical (unpaired) electrons. The van der Waals surface area contributed by atoms with E-state index < -0.39 is 5.91 Å². The number of hydrogen-bond donors (Lipinski definition) is 2. The van der Waals surface area contributed by atoms with Crippen LogP contribution in [0.5, 0.6) is 17.2 Å². The number of amides is 1. The second-order valence-corrected chi connectivity index (χ2v) is 6.73. The Balaban J connectivity index is 1.58. The van der Waals surface area contributed by atoms with Crippen molar-refractivity contribution in [3.8, 4) is 17.2 Å². The molecule has 2 aromatic carbocycles. The zero-order valence-corrected chi connectivity index (χ0v) is 16.6. The number of carbonyl (C=O) groups excluding carboxylic acids is 1. The van der Waals surface area contributed by atoms with Gasteiger partial charge in [-0.25, -0.2) is 4.98 Å². The second-order valence-electron chi connectivity index (χ2n) is 6.73. The van der Waals surface area contributed by atoms with Crippen molar-refractivity contribution in [2.24, 2.45) is 12.8 Å². The van der Waals surface area contributed by atoms with Gasteiger partial charge in [0.1, 0.15) is 17.2 Å². The highest BCUT2D eigenvalue weighted by atomic mass is 16.5. The van der Waals surface area contributed by atoms with Crippen molar-refractivity contribution in [2.75, 3.05) is 12.4 Å². The number of anilines is 2. The van der Waals surface area contributed by atoms with Crippen LogP contribution in [0, 0.1) is 0 Å². The van der Waals surface area contributed by atoms with Crippen molar-refractivity contribution in [2.45, 2.75) is 6.42 Å². The minimum atomic E-state index is -0.439. The van der Waals surface area contributed by atoms with Gasteiger partial charge < -0.3 is 25.1 Å². The van der Waals surface area contributed by atoms with Crippen LogP contribution in [0.4, 0.5) is 11.6 Å². The van der Waals surface area contributed by atoms with Gasteiger partial charge in [-0.2, -0.15) is 0 Å². The standard InChI is InChI=1S/C22H21N5O3/c1-27-20-7-6-17(30-18-8-9-24-15(11-18)12-21(23)28)13-19(20)26-22(27)25-14-4-3-5-16(10-14)29-2/h3-11,13H,12H2,1-2H3,(H2,23,28)(H,25,26). The average Bonchev–Trinajstić information content (AvgIpc) is 3.02. The number of methoxy groups -OCH3 is 1. The molecule has 2 heterocycles. The summed E-state index contributed by atoms with van der Waals surface area (Å²) in [6.45, 7) is 0. The van der Waals surface area contributed by atoms with Crippen LogP contribution in [0.15, 0.2) is 60.8 Å². The number of ether oxygens (including phenoxy) is 2. The topological polar surface area (TPSA) is 104 Å². The van der Waals surface area contributed by atoms with E-state index in [-0.39, 0.29) is 6.42 Å². The third-order valence-electron chi connectivity index (χ3n) is 4.56. The quantitative estimate of drug-likeness (QED) is 0.489. The Hall–Kier alpha value is -4.07. The summed E-state index contributed by atoms with van der Waals surface area (Å²) in [5.74, 6) is 2.23. The molecule has 4 aromatic rings. The third kappa shape index (κ3) is 4.17. The lowest BCUT2D eigenvalue weighted by Gasteiger charge is -2.08. The van der Waals surface area contributed by atoms with Gasteiger partial charge in [-0.1, -0.05) is 6.07 Å². The number of aromatic nitrogens is 3. The number of hydrogen-bond acceptors (Lipinski definition) is 6. The minimum Gasteiger partial charge on any atom is -0.497 e. The van der Waals surface area contributed by atoms with E-state index in [4.69, 9.17) is 15.2 Å². The molecule has 152 valence electrons. The van der Waals surface area contributed by atoms with Crippen LogP contribution < -0.4 is 20.5 Å². The molecule has 0 fully saturated rings. The fourth-order valence-corrected chi connectivity index (χ4v) is 3.12. The Morgan fingerprint density at radius 2 is 1.93 bits per heavy atom. The molecule has 4 rings (SSSR count). The van der Waals surface area contributed by atoms with E-state index >= 15 is 0 Å². The first-order valence-electron chi connectivity index (χ1n) is 9.30. The number of aryl methyl sites for hydroxylation is 1. The lowest BCUT2D eigenvalue weighted by Crippen LogP contribution is -2.14. The zero-order valence-electron chi connectivity index (χ0n) is 16.6. The highest BCUT2D eigenvalue weighted by Crippen LogP contribution is 2.28. The highest BCUT2D eigenvalue weighted by Gasteiger charge is 2.10. The van der Waals surface area contributed by atoms with Gasteiger partial charge in [-0.05, 0) is 30.3 Å². The molecule has 0 aliphatic rings. The fourth-order valence-electron chi connectivity index (χ4n) is 3.12. The van der Waals surface area contributed by atoms with Gasteiger partial charge in [-0.15, -0.1) is 0 Å². The number of nitrogens with two attached hydrogens (primary N) is 1. The van der Waals surface area contributed by atoms with E-state index in [9.17, 15) is 4.79 Å². The lowest BCUT2D eigenvalue weighted by atomic mass is 10.2. The summed E-state index contributed by atoms with van der Waals surface area (Å²) < 4.78 is 13.2. The van der Waals surface area contributed by atoms with Crippen molar-refractivity contribution in [3.05, 3.63) is 66.5 Å². The zero-order chi connectivity index (χ0) is 21.1. The van der Waals surface area contributed by atoms with E-state index in [1.165, 1.54) is 0 Å². The van der Waals surface area contributed by atoms with Crippen LogP contribution in [-0.2, 0) is 18.3 Å². The van der Waals surface area contributed by atoms with Crippen LogP contribution in [0.3, 0.4) is 0 Å². The molecule has 0 unspecified atom stereocenters. The molecule has 0 bridgehead atoms. The largest absolute Gasteiger partial charge is 0.497 e. The summed E-state index contributed by atoms with van der Waals surface area (Å²) in [7, 11) is 3.58. The number of pyridine rings is 1. The number of nitrogens with one attached hydrogen (secondary N) is 1. The average molecular weight is 403 g/mol. The molecule has 3 N–H and O–H groups in total. The van der Waals surface area contributed by atoms with Crippen LogP contribution in [0.25, 0.3) is 11.0 Å². The van der Waals surface area contributed by atoms with Gasteiger partial charge in [0.2, 0.25) is 11.9 Å². The number of benzene rings is 2. The van der Waals surface area contributed by atoms with Crippen molar-refractivity contribution in [1.82, 2.24) is 14.5 Å². The van der Waals surface area contributed by atoms with Gasteiger partial charge in [0.15, 0.2) is 0 Å². The van der Waals surface area contributed by atoms with Crippen molar-refractivity contribution >= 4 is 28.6 Å². The molecule has 8 nitrogen and oxygen atoms in total. The monoisotopic (exact) mass is 403 g/mol. The Morgan fingerprint density at radius 3 is 2.73 bits per heavy atom. The first kappa shape index (κ1) is 19.3. The van der Waals surface area contributed by atoms with E-state index in [0.717, 1.165) is 22.5 Å². The molecule has 1 amide bonds. The fraction of sp³-hybridized carbons (Fsp3) is 0.136. The Bertz CT molecular complexity index is 1220. The number of rotatable bonds is 7. The smallest absolute Gasteiger partial charge is 0.223 e. The molecule has 0 saturated heterocycles. The third-order valence-corrected chi connectivity index (χ3v) is 4.56. The Kier molecular flexibility index (Phi) is 5.21. The molecular formula is C22H21N5O3. The van der Waals surface area contributed by atoms with Crippen molar-refractivity contribution < 1.29 is 14.3 Å². The van der Waals surface area contributed by atoms with Gasteiger partial charge in [0.05, 0.1) is 30.3 Å². The molecule has 0 atom stereocenters. The van der Waals surface area contributed by atoms with E-state index in [1.54, 1.807) is 25.4 Å². The Morgan fingerprint density at radius 1 is 1.10 bits per heavy atom. The maximum atomic E-state index is 11.1. The molecule has 0 spiro atoms. The number of imidazole rings is 1. The number of fused-ring (bicyclic) bond motifs is 1. The van der Waals surface area contributed by atoms with Gasteiger partial charge in [0.25, 0.3) is 0 Å². The molecule has 2 aromatic heterocycles. The summed E-state index contributed by atoms with van der Waals surface area (Å²) in [4.78, 5) is 19.9. The number of nitrogens with zero attached hydrogens (tertiary/aromatic N) is 3. The van der Waals surface area contributed by atoms with E-state index in [2.05, 4.69) is 15.3 Å². The van der Waals surface area contributed by atoms with Crippen LogP contribution in [-0.4, -0.2) is 27.6 Å². The summed E-state index contributed by atoms with van der Waals surface area (Å²) >= 11 is 0. The SMILES string of the molecule is COc1cccc(Nc2nc3cc(Oc4ccnc(CC(N)=O)c4)ccc3n2C)c1. The predicted molar refractivity (Wildman–Crippen MR) is 114 cm³/mol. The lowest BCUT2D eigenvalue weighted by molar-refractivity contribution is -0.117. The normalized spacial score (nSPS) is 10.7. The van der Waals surface area contributed by atoms with Gasteiger partial charge in [0, 0.05) is 37.1 Å². The van der Waals surface area contributed by atoms with Crippen molar-refractivity contribution in [1.29, 1.82) is 0 Å². The van der Waals surface area contributed by atoms with Crippen LogP contribution >= 0.6 is 0 Å². The first-order chi connectivity index (χ1) is 14.5. The predicted octanol–water partition coefficient (Wildman–Crippen LogP) is 3.54. The maximum absolute atomic E-state index is 11.1. The number of carbonyl (C=O) groups is 1. The Labute approximate surface area is 173 Å². The van der Waals surface area contributed by atoms with Gasteiger partial charge in [-0.3, -0.25) is 9.78 Å². The summed E-state index contributed by atoms with van der Waals surface area (Å²) in [5.41, 5.74) is 8.41. The van der Waals surface area contributed by atoms with E-state index in [1.807, 2.05) is 54.1 Å². The molecule has 8 heteroatoms. The first-order valence-corrected chi connectivity index (χ1v) is 9.30. The van der Waals surface area contributed by atoms with Crippen LogP contribution in [0.2, 0.25) is 0 Å². The van der Waals surface area contributed by atoms with Gasteiger partial charge >= 0.3 is 0 Å². The minimum absolute atomic E-state index is 0.0653.